The number of aromatic hydroxyl groups is 1. The molecule has 3 rings (SSSR count). The molecule has 1 aliphatic rings. The minimum Gasteiger partial charge on any atom is -0.507 e. The van der Waals surface area contributed by atoms with Crippen molar-refractivity contribution in [2.24, 2.45) is 11.3 Å². The third-order valence-electron chi connectivity index (χ3n) is 4.86. The molecule has 1 fully saturated rings. The van der Waals surface area contributed by atoms with Gasteiger partial charge in [0.15, 0.2) is 5.58 Å². The van der Waals surface area contributed by atoms with Crippen molar-refractivity contribution < 1.29 is 24.3 Å². The lowest BCUT2D eigenvalue weighted by atomic mass is 9.77. The molecule has 136 valence electrons. The van der Waals surface area contributed by atoms with Crippen LogP contribution in [0.25, 0.3) is 11.0 Å². The Morgan fingerprint density at radius 1 is 1.44 bits per heavy atom. The van der Waals surface area contributed by atoms with Gasteiger partial charge in [-0.15, -0.1) is 0 Å². The van der Waals surface area contributed by atoms with Gasteiger partial charge >= 0.3 is 6.09 Å². The Morgan fingerprint density at radius 3 is 2.88 bits per heavy atom. The van der Waals surface area contributed by atoms with Gasteiger partial charge in [-0.25, -0.2) is 4.79 Å². The van der Waals surface area contributed by atoms with Gasteiger partial charge < -0.3 is 24.4 Å². The van der Waals surface area contributed by atoms with Crippen LogP contribution in [0.3, 0.4) is 0 Å². The predicted molar refractivity (Wildman–Crippen MR) is 91.9 cm³/mol. The number of amides is 1. The van der Waals surface area contributed by atoms with Gasteiger partial charge in [0.1, 0.15) is 11.1 Å². The predicted octanol–water partition coefficient (Wildman–Crippen LogP) is 3.72. The van der Waals surface area contributed by atoms with Gasteiger partial charge in [-0.1, -0.05) is 26.8 Å². The van der Waals surface area contributed by atoms with Crippen molar-refractivity contribution in [2.45, 2.75) is 39.7 Å². The lowest BCUT2D eigenvalue weighted by molar-refractivity contribution is 0.0297. The van der Waals surface area contributed by atoms with E-state index in [4.69, 9.17) is 9.26 Å². The molecule has 0 bridgehead atoms. The number of hydrogen-bond acceptors (Lipinski definition) is 5. The van der Waals surface area contributed by atoms with Crippen molar-refractivity contribution in [3.05, 3.63) is 18.2 Å². The number of ether oxygens (including phenoxy) is 1. The number of carboxylic acid groups (broad SMARTS) is 1. The molecule has 1 saturated heterocycles. The highest BCUT2D eigenvalue weighted by Gasteiger charge is 2.38. The molecular weight excluding hydrogens is 324 g/mol. The summed E-state index contributed by atoms with van der Waals surface area (Å²) in [5, 5.41) is 23.8. The van der Waals surface area contributed by atoms with E-state index in [1.807, 2.05) is 0 Å². The summed E-state index contributed by atoms with van der Waals surface area (Å²) in [5.74, 6) is 0.570. The highest BCUT2D eigenvalue weighted by Crippen LogP contribution is 2.36. The minimum absolute atomic E-state index is 0.0604. The Kier molecular flexibility index (Phi) is 4.49. The third kappa shape index (κ3) is 3.50. The largest absolute Gasteiger partial charge is 0.507 e. The summed E-state index contributed by atoms with van der Waals surface area (Å²) in [6.07, 6.45) is 0.602. The van der Waals surface area contributed by atoms with E-state index in [1.54, 1.807) is 18.2 Å². The monoisotopic (exact) mass is 348 g/mol. The number of benzene rings is 1. The molecule has 7 nitrogen and oxygen atoms in total. The summed E-state index contributed by atoms with van der Waals surface area (Å²) < 4.78 is 11.0. The fourth-order valence-electron chi connectivity index (χ4n) is 3.48. The number of likely N-dealkylation sites (tertiary alicyclic amines) is 1. The molecule has 2 atom stereocenters. The first-order chi connectivity index (χ1) is 11.8. The summed E-state index contributed by atoms with van der Waals surface area (Å²) in [6.45, 7) is 7.08. The van der Waals surface area contributed by atoms with E-state index in [0.717, 1.165) is 12.8 Å². The Balaban J connectivity index is 1.70. The molecule has 2 aromatic rings. The molecule has 2 N–H and O–H groups in total. The number of carbonyl (C=O) groups is 1. The molecule has 1 amide bonds. The van der Waals surface area contributed by atoms with Crippen molar-refractivity contribution in [1.29, 1.82) is 0 Å². The smallest absolute Gasteiger partial charge is 0.407 e. The van der Waals surface area contributed by atoms with Crippen LogP contribution < -0.4 is 4.74 Å². The Bertz CT molecular complexity index is 764. The van der Waals surface area contributed by atoms with Gasteiger partial charge in [-0.05, 0) is 41.5 Å². The number of piperidine rings is 1. The van der Waals surface area contributed by atoms with Gasteiger partial charge in [0.25, 0.3) is 5.88 Å². The SMILES string of the molecule is CC(C)(C)C1CC(COc2noc3cccc(O)c23)CCN1C(=O)O. The van der Waals surface area contributed by atoms with E-state index < -0.39 is 6.09 Å². The van der Waals surface area contributed by atoms with Crippen LogP contribution in [0.1, 0.15) is 33.6 Å². The standard InChI is InChI=1S/C18H24N2O5/c1-18(2,3)14-9-11(7-8-20(14)17(22)23)10-24-16-15-12(21)5-4-6-13(15)25-19-16/h4-6,11,14,21H,7-10H2,1-3H3,(H,22,23). The van der Waals surface area contributed by atoms with E-state index in [1.165, 1.54) is 4.90 Å². The lowest BCUT2D eigenvalue weighted by Gasteiger charge is -2.44. The fourth-order valence-corrected chi connectivity index (χ4v) is 3.48. The first-order valence-corrected chi connectivity index (χ1v) is 8.47. The second-order valence-corrected chi connectivity index (χ2v) is 7.70. The average molecular weight is 348 g/mol. The second-order valence-electron chi connectivity index (χ2n) is 7.70. The maximum absolute atomic E-state index is 11.5. The van der Waals surface area contributed by atoms with E-state index >= 15 is 0 Å². The van der Waals surface area contributed by atoms with Crippen molar-refractivity contribution >= 4 is 17.1 Å². The van der Waals surface area contributed by atoms with Crippen LogP contribution in [-0.4, -0.2) is 45.6 Å². The quantitative estimate of drug-likeness (QED) is 0.877. The van der Waals surface area contributed by atoms with E-state index in [-0.39, 0.29) is 29.0 Å². The normalized spacial score (nSPS) is 21.5. The van der Waals surface area contributed by atoms with E-state index in [9.17, 15) is 15.0 Å². The number of nitrogens with zero attached hydrogens (tertiary/aromatic N) is 2. The fraction of sp³-hybridized carbons (Fsp3) is 0.556. The van der Waals surface area contributed by atoms with Crippen molar-refractivity contribution in [3.63, 3.8) is 0 Å². The summed E-state index contributed by atoms with van der Waals surface area (Å²) in [5.41, 5.74) is 0.332. The van der Waals surface area contributed by atoms with Crippen molar-refractivity contribution in [1.82, 2.24) is 10.1 Å². The summed E-state index contributed by atoms with van der Waals surface area (Å²) in [4.78, 5) is 13.0. The molecule has 7 heteroatoms. The van der Waals surface area contributed by atoms with Crippen molar-refractivity contribution in [2.75, 3.05) is 13.2 Å². The van der Waals surface area contributed by atoms with Crippen LogP contribution >= 0.6 is 0 Å². The van der Waals surface area contributed by atoms with Gasteiger partial charge in [0, 0.05) is 12.6 Å². The first kappa shape index (κ1) is 17.4. The summed E-state index contributed by atoms with van der Waals surface area (Å²) in [6, 6.07) is 4.90. The van der Waals surface area contributed by atoms with Crippen LogP contribution in [0.4, 0.5) is 4.79 Å². The first-order valence-electron chi connectivity index (χ1n) is 8.47. The average Bonchev–Trinajstić information content (AvgIpc) is 2.96. The molecule has 0 aliphatic carbocycles. The molecule has 1 aliphatic heterocycles. The molecule has 2 heterocycles. The van der Waals surface area contributed by atoms with Gasteiger partial charge in [-0.3, -0.25) is 0 Å². The molecular formula is C18H24N2O5. The zero-order valence-electron chi connectivity index (χ0n) is 14.7. The molecule has 0 spiro atoms. The van der Waals surface area contributed by atoms with Crippen molar-refractivity contribution in [3.8, 4) is 11.6 Å². The summed E-state index contributed by atoms with van der Waals surface area (Å²) >= 11 is 0. The van der Waals surface area contributed by atoms with E-state index in [0.29, 0.717) is 24.1 Å². The number of phenols is 1. The highest BCUT2D eigenvalue weighted by molar-refractivity contribution is 5.88. The maximum atomic E-state index is 11.5. The number of hydrogen-bond donors (Lipinski definition) is 2. The number of rotatable bonds is 3. The molecule has 1 aromatic carbocycles. The maximum Gasteiger partial charge on any atom is 0.407 e. The zero-order valence-corrected chi connectivity index (χ0v) is 14.7. The van der Waals surface area contributed by atoms with Crippen LogP contribution in [0.15, 0.2) is 22.7 Å². The molecule has 25 heavy (non-hydrogen) atoms. The number of fused-ring (bicyclic) bond motifs is 1. The van der Waals surface area contributed by atoms with Crippen LogP contribution in [0, 0.1) is 11.3 Å². The van der Waals surface area contributed by atoms with Crippen LogP contribution in [-0.2, 0) is 0 Å². The molecule has 0 radical (unpaired) electrons. The minimum atomic E-state index is -0.869. The third-order valence-corrected chi connectivity index (χ3v) is 4.86. The molecule has 1 aromatic heterocycles. The Hall–Kier alpha value is -2.44. The zero-order chi connectivity index (χ0) is 18.2. The van der Waals surface area contributed by atoms with Crippen LogP contribution in [0.2, 0.25) is 0 Å². The van der Waals surface area contributed by atoms with E-state index in [2.05, 4.69) is 25.9 Å². The van der Waals surface area contributed by atoms with Gasteiger partial charge in [-0.2, -0.15) is 0 Å². The highest BCUT2D eigenvalue weighted by atomic mass is 16.5. The Labute approximate surface area is 146 Å². The topological polar surface area (TPSA) is 96.0 Å². The van der Waals surface area contributed by atoms with Crippen LogP contribution in [0.5, 0.6) is 11.6 Å². The van der Waals surface area contributed by atoms with Gasteiger partial charge in [0.05, 0.1) is 6.61 Å². The van der Waals surface area contributed by atoms with Gasteiger partial charge in [0.2, 0.25) is 0 Å². The molecule has 2 unspecified atom stereocenters. The molecule has 0 saturated carbocycles. The number of aromatic nitrogens is 1. The number of phenolic OH excluding ortho intramolecular Hbond substituents is 1. The second kappa shape index (κ2) is 6.46. The lowest BCUT2D eigenvalue weighted by Crippen LogP contribution is -2.52. The summed E-state index contributed by atoms with van der Waals surface area (Å²) in [7, 11) is 0. The Morgan fingerprint density at radius 2 is 2.20 bits per heavy atom.